The molecule has 2 aliphatic heterocycles. The van der Waals surface area contributed by atoms with Gasteiger partial charge in [0.05, 0.1) is 11.3 Å². The van der Waals surface area contributed by atoms with Gasteiger partial charge in [-0.25, -0.2) is 4.79 Å². The largest absolute Gasteiger partial charge is 0.486 e. The number of β-lactam (4-membered cyclic amide) rings is 1. The van der Waals surface area contributed by atoms with Crippen LogP contribution >= 0.6 is 11.8 Å². The molecule has 0 radical (unpaired) electrons. The Balaban J connectivity index is 1.55. The van der Waals surface area contributed by atoms with Crippen LogP contribution in [0.15, 0.2) is 30.3 Å². The fourth-order valence-corrected chi connectivity index (χ4v) is 5.26. The van der Waals surface area contributed by atoms with Gasteiger partial charge in [-0.1, -0.05) is 25.1 Å². The van der Waals surface area contributed by atoms with Crippen LogP contribution in [-0.2, 0) is 28.7 Å². The summed E-state index contributed by atoms with van der Waals surface area (Å²) in [6, 6.07) is 8.19. The zero-order valence-corrected chi connectivity index (χ0v) is 18.0. The lowest BCUT2D eigenvalue weighted by Crippen LogP contribution is -2.63. The fourth-order valence-electron chi connectivity index (χ4n) is 3.58. The van der Waals surface area contributed by atoms with Gasteiger partial charge in [0.15, 0.2) is 5.78 Å². The summed E-state index contributed by atoms with van der Waals surface area (Å²) in [5.41, 5.74) is 0. The number of thioether (sulfide) groups is 1. The van der Waals surface area contributed by atoms with Crippen LogP contribution in [0, 0.1) is 5.92 Å². The zero-order chi connectivity index (χ0) is 21.9. The summed E-state index contributed by atoms with van der Waals surface area (Å²) in [6.45, 7) is 4.75. The molecule has 8 nitrogen and oxygen atoms in total. The molecule has 0 aromatic heterocycles. The number of benzene rings is 1. The van der Waals surface area contributed by atoms with Crippen molar-refractivity contribution in [2.75, 3.05) is 13.4 Å². The average Bonchev–Trinajstić information content (AvgIpc) is 2.98. The van der Waals surface area contributed by atoms with Gasteiger partial charge < -0.3 is 19.1 Å². The maximum absolute atomic E-state index is 12.7. The Bertz CT molecular complexity index is 826. The number of ketones is 1. The monoisotopic (exact) mass is 435 g/mol. The van der Waals surface area contributed by atoms with Crippen molar-refractivity contribution < 1.29 is 33.4 Å². The molecule has 0 spiro atoms. The number of esters is 2. The first kappa shape index (κ1) is 22.1. The summed E-state index contributed by atoms with van der Waals surface area (Å²) in [5, 5.41) is -0.274. The minimum absolute atomic E-state index is 0.0613. The maximum atomic E-state index is 12.7. The second kappa shape index (κ2) is 9.07. The molecule has 2 fully saturated rings. The second-order valence-electron chi connectivity index (χ2n) is 7.66. The number of fused-ring (bicyclic) bond motifs is 1. The van der Waals surface area contributed by atoms with Crippen LogP contribution in [0.1, 0.15) is 33.6 Å². The lowest BCUT2D eigenvalue weighted by Gasteiger charge is -2.43. The molecule has 0 unspecified atom stereocenters. The van der Waals surface area contributed by atoms with Gasteiger partial charge in [-0.05, 0) is 26.0 Å². The molecular weight excluding hydrogens is 410 g/mol. The normalized spacial score (nSPS) is 23.9. The number of rotatable bonds is 9. The van der Waals surface area contributed by atoms with Crippen molar-refractivity contribution in [3.05, 3.63) is 30.3 Å². The van der Waals surface area contributed by atoms with E-state index in [1.54, 1.807) is 19.1 Å². The highest BCUT2D eigenvalue weighted by molar-refractivity contribution is 8.01. The predicted octanol–water partition coefficient (Wildman–Crippen LogP) is 2.16. The Kier molecular flexibility index (Phi) is 6.70. The molecule has 0 N–H and O–H groups in total. The van der Waals surface area contributed by atoms with E-state index >= 15 is 0 Å². The molecular formula is C21H25NO7S. The number of amides is 1. The summed E-state index contributed by atoms with van der Waals surface area (Å²) < 4.78 is 14.7. The van der Waals surface area contributed by atoms with Gasteiger partial charge >= 0.3 is 11.9 Å². The number of carbonyl (C=O) groups is 4. The van der Waals surface area contributed by atoms with Crippen LogP contribution in [-0.4, -0.2) is 58.1 Å². The van der Waals surface area contributed by atoms with Crippen molar-refractivity contribution >= 4 is 35.4 Å². The molecule has 1 amide bonds. The summed E-state index contributed by atoms with van der Waals surface area (Å²) >= 11 is 1.47. The van der Waals surface area contributed by atoms with Crippen LogP contribution in [0.3, 0.4) is 0 Å². The van der Waals surface area contributed by atoms with Gasteiger partial charge in [0, 0.05) is 17.6 Å². The lowest BCUT2D eigenvalue weighted by molar-refractivity contribution is -0.178. The number of hydrogen-bond acceptors (Lipinski definition) is 8. The standard InChI is InChI=1S/C21H25NO7S/c1-4-16(24)28-12-29-20(26)17-21(2,3)30-19-15(18(25)22(17)19)10-13(23)11-27-14-8-6-5-7-9-14/h5-9,15,17,19H,4,10-12H2,1-3H3/t15-,17+,19-/m1/s1. The van der Waals surface area contributed by atoms with Crippen LogP contribution in [0.4, 0.5) is 0 Å². The molecule has 30 heavy (non-hydrogen) atoms. The minimum Gasteiger partial charge on any atom is -0.486 e. The van der Waals surface area contributed by atoms with Crippen molar-refractivity contribution in [3.8, 4) is 5.75 Å². The van der Waals surface area contributed by atoms with Crippen molar-refractivity contribution in [2.45, 2.75) is 49.8 Å². The van der Waals surface area contributed by atoms with Crippen LogP contribution < -0.4 is 4.74 Å². The molecule has 0 saturated carbocycles. The van der Waals surface area contributed by atoms with Gasteiger partial charge in [0.25, 0.3) is 0 Å². The van der Waals surface area contributed by atoms with E-state index in [1.165, 1.54) is 16.7 Å². The van der Waals surface area contributed by atoms with Crippen molar-refractivity contribution in [1.82, 2.24) is 4.90 Å². The molecule has 0 aliphatic carbocycles. The highest BCUT2D eigenvalue weighted by atomic mass is 32.2. The lowest BCUT2D eigenvalue weighted by atomic mass is 9.88. The Morgan fingerprint density at radius 1 is 1.13 bits per heavy atom. The molecule has 2 heterocycles. The molecule has 1 aromatic carbocycles. The van der Waals surface area contributed by atoms with E-state index in [1.807, 2.05) is 32.0 Å². The summed E-state index contributed by atoms with van der Waals surface area (Å²) in [6.07, 6.45) is 0.241. The van der Waals surface area contributed by atoms with E-state index in [-0.39, 0.29) is 36.5 Å². The van der Waals surface area contributed by atoms with Gasteiger partial charge in [-0.3, -0.25) is 14.4 Å². The topological polar surface area (TPSA) is 99.2 Å². The van der Waals surface area contributed by atoms with E-state index in [2.05, 4.69) is 0 Å². The second-order valence-corrected chi connectivity index (χ2v) is 9.43. The first-order chi connectivity index (χ1) is 14.2. The highest BCUT2D eigenvalue weighted by Crippen LogP contribution is 2.54. The third-order valence-electron chi connectivity index (χ3n) is 5.07. The number of ether oxygens (including phenoxy) is 3. The molecule has 2 aliphatic rings. The molecule has 3 rings (SSSR count). The van der Waals surface area contributed by atoms with Gasteiger partial charge in [-0.2, -0.15) is 0 Å². The highest BCUT2D eigenvalue weighted by Gasteiger charge is 2.64. The zero-order valence-electron chi connectivity index (χ0n) is 17.2. The van der Waals surface area contributed by atoms with Gasteiger partial charge in [-0.15, -0.1) is 11.8 Å². The minimum atomic E-state index is -0.799. The summed E-state index contributed by atoms with van der Waals surface area (Å²) in [5.74, 6) is -1.42. The van der Waals surface area contributed by atoms with Crippen LogP contribution in [0.2, 0.25) is 0 Å². The van der Waals surface area contributed by atoms with Crippen molar-refractivity contribution in [1.29, 1.82) is 0 Å². The van der Waals surface area contributed by atoms with Crippen LogP contribution in [0.5, 0.6) is 5.75 Å². The molecule has 3 atom stereocenters. The Hall–Kier alpha value is -2.55. The average molecular weight is 435 g/mol. The van der Waals surface area contributed by atoms with E-state index < -0.39 is 35.4 Å². The summed E-state index contributed by atoms with van der Waals surface area (Å²) in [4.78, 5) is 50.2. The van der Waals surface area contributed by atoms with Crippen molar-refractivity contribution in [3.63, 3.8) is 0 Å². The molecule has 2 saturated heterocycles. The fraction of sp³-hybridized carbons (Fsp3) is 0.524. The van der Waals surface area contributed by atoms with E-state index in [4.69, 9.17) is 14.2 Å². The third kappa shape index (κ3) is 4.61. The van der Waals surface area contributed by atoms with Gasteiger partial charge in [0.2, 0.25) is 12.7 Å². The number of nitrogens with zero attached hydrogens (tertiary/aromatic N) is 1. The SMILES string of the molecule is CCC(=O)OCOC(=O)[C@@H]1N2C(=O)[C@@H](CC(=O)COc3ccccc3)[C@H]2SC1(C)C. The molecule has 1 aromatic rings. The number of carbonyl (C=O) groups excluding carboxylic acids is 4. The third-order valence-corrected chi connectivity index (χ3v) is 6.70. The maximum Gasteiger partial charge on any atom is 0.333 e. The quantitative estimate of drug-likeness (QED) is 0.331. The van der Waals surface area contributed by atoms with E-state index in [0.29, 0.717) is 5.75 Å². The molecule has 0 bridgehead atoms. The first-order valence-electron chi connectivity index (χ1n) is 9.76. The Morgan fingerprint density at radius 3 is 2.50 bits per heavy atom. The molecule has 9 heteroatoms. The molecule has 162 valence electrons. The van der Waals surface area contributed by atoms with Crippen molar-refractivity contribution in [2.24, 2.45) is 5.92 Å². The first-order valence-corrected chi connectivity index (χ1v) is 10.6. The number of Topliss-reactive ketones (excluding diaryl/α,β-unsaturated/α-hetero) is 1. The van der Waals surface area contributed by atoms with E-state index in [0.717, 1.165) is 0 Å². The predicted molar refractivity (Wildman–Crippen MR) is 108 cm³/mol. The summed E-state index contributed by atoms with van der Waals surface area (Å²) in [7, 11) is 0. The van der Waals surface area contributed by atoms with Gasteiger partial charge in [0.1, 0.15) is 18.4 Å². The number of hydrogen-bond donors (Lipinski definition) is 0. The Morgan fingerprint density at radius 2 is 1.83 bits per heavy atom. The smallest absolute Gasteiger partial charge is 0.333 e. The van der Waals surface area contributed by atoms with E-state index in [9.17, 15) is 19.2 Å². The van der Waals surface area contributed by atoms with Crippen LogP contribution in [0.25, 0.3) is 0 Å². The number of para-hydroxylation sites is 1. The Labute approximate surface area is 179 Å².